The van der Waals surface area contributed by atoms with Gasteiger partial charge in [0.25, 0.3) is 5.24 Å². The van der Waals surface area contributed by atoms with Gasteiger partial charge in [0.15, 0.2) is 0 Å². The van der Waals surface area contributed by atoms with E-state index in [9.17, 15) is 9.59 Å². The van der Waals surface area contributed by atoms with Gasteiger partial charge in [-0.25, -0.2) is 0 Å². The Morgan fingerprint density at radius 3 is 2.11 bits per heavy atom. The zero-order chi connectivity index (χ0) is 7.44. The molecule has 4 heteroatoms. The third-order valence-corrected chi connectivity index (χ3v) is 1.21. The van der Waals surface area contributed by atoms with E-state index in [0.29, 0.717) is 0 Å². The van der Waals surface area contributed by atoms with Crippen LogP contribution in [0.15, 0.2) is 12.7 Å². The average molecular weight is 167 g/mol. The molecule has 0 fully saturated rings. The van der Waals surface area contributed by atoms with Gasteiger partial charge in [0.05, 0.1) is 0 Å². The van der Waals surface area contributed by atoms with Crippen molar-refractivity contribution in [2.24, 2.45) is 0 Å². The Hall–Kier alpha value is -0.340. The predicted octanol–water partition coefficient (Wildman–Crippen LogP) is 1.11. The van der Waals surface area contributed by atoms with E-state index in [-0.39, 0.29) is 0 Å². The van der Waals surface area contributed by atoms with E-state index in [0.717, 1.165) is 6.08 Å². The minimum atomic E-state index is -1.06. The Bertz CT molecular complexity index is 153. The first-order valence-corrected chi connectivity index (χ1v) is 2.91. The van der Waals surface area contributed by atoms with E-state index in [1.807, 2.05) is 0 Å². The fourth-order valence-corrected chi connectivity index (χ4v) is 0.488. The lowest BCUT2D eigenvalue weighted by Gasteiger charge is -1.93. The van der Waals surface area contributed by atoms with Crippen LogP contribution < -0.4 is 0 Å². The Morgan fingerprint density at radius 2 is 2.00 bits per heavy atom. The summed E-state index contributed by atoms with van der Waals surface area (Å²) in [5.41, 5.74) is 0. The van der Waals surface area contributed by atoms with Gasteiger partial charge in [0, 0.05) is 0 Å². The van der Waals surface area contributed by atoms with Crippen LogP contribution in [0.25, 0.3) is 0 Å². The van der Waals surface area contributed by atoms with Gasteiger partial charge in [0.1, 0.15) is 5.38 Å². The standard InChI is InChI=1S/C5H4Cl2O2/c1-2-3(6)4(8)5(7)9/h2-3H,1H2. The van der Waals surface area contributed by atoms with Crippen LogP contribution in [0.4, 0.5) is 0 Å². The number of allylic oxidation sites excluding steroid dienone is 1. The zero-order valence-electron chi connectivity index (χ0n) is 4.43. The van der Waals surface area contributed by atoms with Crippen molar-refractivity contribution in [2.75, 3.05) is 0 Å². The van der Waals surface area contributed by atoms with Gasteiger partial charge in [-0.3, -0.25) is 9.59 Å². The summed E-state index contributed by atoms with van der Waals surface area (Å²) >= 11 is 10.0. The molecule has 0 saturated carbocycles. The first kappa shape index (κ1) is 8.66. The van der Waals surface area contributed by atoms with E-state index >= 15 is 0 Å². The Morgan fingerprint density at radius 1 is 1.56 bits per heavy atom. The number of alkyl halides is 1. The summed E-state index contributed by atoms with van der Waals surface area (Å²) in [6, 6.07) is 0. The van der Waals surface area contributed by atoms with Crippen LogP contribution >= 0.6 is 23.2 Å². The number of hydrogen-bond donors (Lipinski definition) is 0. The first-order valence-electron chi connectivity index (χ1n) is 2.10. The second-order valence-electron chi connectivity index (χ2n) is 1.28. The molecule has 0 aliphatic heterocycles. The molecule has 0 aromatic rings. The zero-order valence-corrected chi connectivity index (χ0v) is 5.95. The molecule has 50 valence electrons. The van der Waals surface area contributed by atoms with E-state index < -0.39 is 16.4 Å². The van der Waals surface area contributed by atoms with E-state index in [4.69, 9.17) is 23.2 Å². The molecule has 0 heterocycles. The van der Waals surface area contributed by atoms with Crippen LogP contribution in [0.3, 0.4) is 0 Å². The molecule has 1 atom stereocenters. The third kappa shape index (κ3) is 2.63. The molecule has 0 amide bonds. The fourth-order valence-electron chi connectivity index (χ4n) is 0.215. The molecule has 9 heavy (non-hydrogen) atoms. The van der Waals surface area contributed by atoms with Crippen molar-refractivity contribution in [1.82, 2.24) is 0 Å². The topological polar surface area (TPSA) is 34.1 Å². The van der Waals surface area contributed by atoms with Gasteiger partial charge < -0.3 is 0 Å². The lowest BCUT2D eigenvalue weighted by Crippen LogP contribution is -2.17. The molecule has 1 unspecified atom stereocenters. The molecule has 0 rings (SSSR count). The normalized spacial score (nSPS) is 12.2. The minimum Gasteiger partial charge on any atom is -0.287 e. The van der Waals surface area contributed by atoms with Crippen molar-refractivity contribution in [3.05, 3.63) is 12.7 Å². The first-order chi connectivity index (χ1) is 4.09. The molecule has 0 bridgehead atoms. The van der Waals surface area contributed by atoms with E-state index in [2.05, 4.69) is 6.58 Å². The summed E-state index contributed by atoms with van der Waals surface area (Å²) in [6.45, 7) is 3.20. The van der Waals surface area contributed by atoms with E-state index in [1.165, 1.54) is 0 Å². The minimum absolute atomic E-state index is 0.840. The molecule has 0 aromatic heterocycles. The van der Waals surface area contributed by atoms with Crippen LogP contribution in [-0.4, -0.2) is 16.4 Å². The van der Waals surface area contributed by atoms with Crippen LogP contribution in [0.1, 0.15) is 0 Å². The SMILES string of the molecule is C=CC(Cl)C(=O)C(=O)Cl. The van der Waals surface area contributed by atoms with Gasteiger partial charge in [-0.05, 0) is 11.6 Å². The van der Waals surface area contributed by atoms with Crippen molar-refractivity contribution >= 4 is 34.2 Å². The largest absolute Gasteiger partial charge is 0.290 e. The second-order valence-corrected chi connectivity index (χ2v) is 2.09. The predicted molar refractivity (Wildman–Crippen MR) is 35.7 cm³/mol. The number of carbonyl (C=O) groups excluding carboxylic acids is 2. The van der Waals surface area contributed by atoms with Crippen molar-refractivity contribution in [1.29, 1.82) is 0 Å². The molecular weight excluding hydrogens is 163 g/mol. The Labute approximate surface area is 62.4 Å². The number of Topliss-reactive ketones (excluding diaryl/α,β-unsaturated/α-hetero) is 1. The highest BCUT2D eigenvalue weighted by Gasteiger charge is 2.17. The summed E-state index contributed by atoms with van der Waals surface area (Å²) in [4.78, 5) is 20.4. The quantitative estimate of drug-likeness (QED) is 0.273. The summed E-state index contributed by atoms with van der Waals surface area (Å²) < 4.78 is 0. The second kappa shape index (κ2) is 3.64. The van der Waals surface area contributed by atoms with Crippen LogP contribution in [0.5, 0.6) is 0 Å². The number of rotatable bonds is 3. The maximum absolute atomic E-state index is 10.4. The molecule has 2 nitrogen and oxygen atoms in total. The Balaban J connectivity index is 4.03. The van der Waals surface area contributed by atoms with Crippen molar-refractivity contribution in [3.63, 3.8) is 0 Å². The number of carbonyl (C=O) groups is 2. The molecule has 0 saturated heterocycles. The highest BCUT2D eigenvalue weighted by Crippen LogP contribution is 2.00. The summed E-state index contributed by atoms with van der Waals surface area (Å²) in [5.74, 6) is -0.840. The number of ketones is 1. The van der Waals surface area contributed by atoms with Gasteiger partial charge in [-0.15, -0.1) is 18.2 Å². The van der Waals surface area contributed by atoms with Gasteiger partial charge >= 0.3 is 0 Å². The highest BCUT2D eigenvalue weighted by molar-refractivity contribution is 6.83. The smallest absolute Gasteiger partial charge is 0.287 e. The monoisotopic (exact) mass is 166 g/mol. The molecule has 0 aliphatic carbocycles. The van der Waals surface area contributed by atoms with Crippen molar-refractivity contribution in [2.45, 2.75) is 5.38 Å². The number of halogens is 2. The summed E-state index contributed by atoms with van der Waals surface area (Å²) in [5, 5.41) is -2.05. The number of hydrogen-bond acceptors (Lipinski definition) is 2. The van der Waals surface area contributed by atoms with Crippen LogP contribution in [-0.2, 0) is 9.59 Å². The molecular formula is C5H4Cl2O2. The average Bonchev–Trinajstić information content (AvgIpc) is 1.84. The van der Waals surface area contributed by atoms with Crippen molar-refractivity contribution < 1.29 is 9.59 Å². The third-order valence-electron chi connectivity index (χ3n) is 0.651. The molecule has 0 aliphatic rings. The van der Waals surface area contributed by atoms with Crippen LogP contribution in [0, 0.1) is 0 Å². The summed E-state index contributed by atoms with van der Waals surface area (Å²) in [7, 11) is 0. The van der Waals surface area contributed by atoms with Crippen LogP contribution in [0.2, 0.25) is 0 Å². The lowest BCUT2D eigenvalue weighted by molar-refractivity contribution is -0.131. The Kier molecular flexibility index (Phi) is 3.50. The maximum Gasteiger partial charge on any atom is 0.290 e. The molecule has 0 spiro atoms. The maximum atomic E-state index is 10.4. The van der Waals surface area contributed by atoms with Gasteiger partial charge in [0.2, 0.25) is 5.78 Å². The molecule has 0 radical (unpaired) electrons. The highest BCUT2D eigenvalue weighted by atomic mass is 35.5. The lowest BCUT2D eigenvalue weighted by atomic mass is 10.3. The fraction of sp³-hybridized carbons (Fsp3) is 0.200. The van der Waals surface area contributed by atoms with Gasteiger partial charge in [-0.2, -0.15) is 0 Å². The van der Waals surface area contributed by atoms with E-state index in [1.54, 1.807) is 0 Å². The molecule has 0 N–H and O–H groups in total. The molecule has 0 aromatic carbocycles. The van der Waals surface area contributed by atoms with Crippen molar-refractivity contribution in [3.8, 4) is 0 Å². The summed E-state index contributed by atoms with van der Waals surface area (Å²) in [6.07, 6.45) is 1.14. The van der Waals surface area contributed by atoms with Gasteiger partial charge in [-0.1, -0.05) is 6.08 Å².